The Morgan fingerprint density at radius 2 is 1.88 bits per heavy atom. The van der Waals surface area contributed by atoms with Crippen LogP contribution in [0.3, 0.4) is 0 Å². The number of benzene rings is 3. The predicted molar refractivity (Wildman–Crippen MR) is 148 cm³/mol. The van der Waals surface area contributed by atoms with Gasteiger partial charge >= 0.3 is 0 Å². The topological polar surface area (TPSA) is 129 Å². The highest BCUT2D eigenvalue weighted by Gasteiger charge is 2.22. The molecule has 0 unspecified atom stereocenters. The van der Waals surface area contributed by atoms with Gasteiger partial charge in [0.05, 0.1) is 22.0 Å². The fourth-order valence-electron chi connectivity index (χ4n) is 4.75. The molecule has 4 aromatic rings. The first-order valence-electron chi connectivity index (χ1n) is 12.9. The number of para-hydroxylation sites is 1. The van der Waals surface area contributed by atoms with E-state index in [1.807, 2.05) is 6.07 Å². The van der Waals surface area contributed by atoms with Crippen molar-refractivity contribution in [1.82, 2.24) is 9.66 Å². The second-order valence-corrected chi connectivity index (χ2v) is 9.51. The molecule has 40 heavy (non-hydrogen) atoms. The van der Waals surface area contributed by atoms with Crippen LogP contribution in [0.5, 0.6) is 5.75 Å². The maximum atomic E-state index is 13.5. The van der Waals surface area contributed by atoms with Gasteiger partial charge in [0.1, 0.15) is 17.4 Å². The van der Waals surface area contributed by atoms with Crippen LogP contribution in [0.4, 0.5) is 15.8 Å². The molecule has 1 aromatic heterocycles. The van der Waals surface area contributed by atoms with Gasteiger partial charge in [-0.05, 0) is 55.3 Å². The number of nitrogens with one attached hydrogen (secondary N) is 1. The van der Waals surface area contributed by atoms with Crippen molar-refractivity contribution in [2.75, 3.05) is 11.9 Å². The lowest BCUT2D eigenvalue weighted by atomic mass is 9.88. The maximum Gasteiger partial charge on any atom is 0.282 e. The largest absolute Gasteiger partial charge is 0.483 e. The third kappa shape index (κ3) is 6.04. The number of aromatic nitrogens is 2. The highest BCUT2D eigenvalue weighted by Crippen LogP contribution is 2.32. The molecule has 1 aliphatic carbocycles. The number of fused-ring (bicyclic) bond motifs is 1. The van der Waals surface area contributed by atoms with Crippen LogP contribution in [0, 0.1) is 15.9 Å². The van der Waals surface area contributed by atoms with Gasteiger partial charge in [0.2, 0.25) is 0 Å². The minimum absolute atomic E-state index is 0.0548. The molecular weight excluding hydrogens is 517 g/mol. The van der Waals surface area contributed by atoms with E-state index in [1.165, 1.54) is 53.4 Å². The second kappa shape index (κ2) is 11.9. The summed E-state index contributed by atoms with van der Waals surface area (Å²) in [6.07, 6.45) is 6.26. The lowest BCUT2D eigenvalue weighted by Gasteiger charge is -2.22. The van der Waals surface area contributed by atoms with E-state index >= 15 is 0 Å². The number of halogens is 1. The fourth-order valence-corrected chi connectivity index (χ4v) is 4.75. The fraction of sp³-hybridized carbons (Fsp3) is 0.241. The van der Waals surface area contributed by atoms with Gasteiger partial charge in [0, 0.05) is 29.3 Å². The molecule has 0 bridgehead atoms. The van der Waals surface area contributed by atoms with Crippen LogP contribution >= 0.6 is 0 Å². The van der Waals surface area contributed by atoms with Crippen molar-refractivity contribution in [3.63, 3.8) is 0 Å². The van der Waals surface area contributed by atoms with Crippen molar-refractivity contribution < 1.29 is 18.8 Å². The molecule has 0 atom stereocenters. The van der Waals surface area contributed by atoms with Crippen LogP contribution in [-0.2, 0) is 4.79 Å². The summed E-state index contributed by atoms with van der Waals surface area (Å²) in [5.41, 5.74) is 0.637. The Balaban J connectivity index is 1.46. The molecule has 1 heterocycles. The van der Waals surface area contributed by atoms with E-state index in [0.717, 1.165) is 32.1 Å². The minimum Gasteiger partial charge on any atom is -0.483 e. The minimum atomic E-state index is -0.556. The first kappa shape index (κ1) is 26.7. The number of amides is 1. The first-order chi connectivity index (χ1) is 19.4. The molecule has 204 valence electrons. The van der Waals surface area contributed by atoms with Crippen LogP contribution < -0.4 is 15.6 Å². The van der Waals surface area contributed by atoms with Crippen LogP contribution in [-0.4, -0.2) is 33.3 Å². The van der Waals surface area contributed by atoms with Crippen molar-refractivity contribution in [1.29, 1.82) is 0 Å². The number of nitrogens with zero attached hydrogens (tertiary/aromatic N) is 4. The lowest BCUT2D eigenvalue weighted by molar-refractivity contribution is -0.384. The Hall–Kier alpha value is -4.93. The summed E-state index contributed by atoms with van der Waals surface area (Å²) in [7, 11) is 0. The van der Waals surface area contributed by atoms with Gasteiger partial charge in [-0.2, -0.15) is 9.78 Å². The van der Waals surface area contributed by atoms with Gasteiger partial charge < -0.3 is 10.1 Å². The molecule has 10 nitrogen and oxygen atoms in total. The summed E-state index contributed by atoms with van der Waals surface area (Å²) in [4.78, 5) is 41.6. The van der Waals surface area contributed by atoms with E-state index in [2.05, 4.69) is 10.4 Å². The van der Waals surface area contributed by atoms with Gasteiger partial charge in [-0.25, -0.2) is 9.37 Å². The standard InChI is InChI=1S/C29H26FN5O5/c30-21-10-12-22(13-11-21)32-27(36)18-40-26-15-14-23(35(38)39)16-20(26)17-31-34-28(19-6-2-1-3-7-19)33-25-9-5-4-8-24(25)29(34)37/h4-5,8-17,19H,1-3,6-7,18H2,(H,32,36). The molecule has 1 fully saturated rings. The van der Waals surface area contributed by atoms with Crippen LogP contribution in [0.1, 0.15) is 49.4 Å². The van der Waals surface area contributed by atoms with Gasteiger partial charge in [-0.1, -0.05) is 31.4 Å². The van der Waals surface area contributed by atoms with Crippen molar-refractivity contribution in [2.24, 2.45) is 5.10 Å². The Kier molecular flexibility index (Phi) is 7.90. The SMILES string of the molecule is O=C(COc1ccc([N+](=O)[O-])cc1C=Nn1c(C2CCCCC2)nc2ccccc2c1=O)Nc1ccc(F)cc1. The Morgan fingerprint density at radius 3 is 2.62 bits per heavy atom. The van der Waals surface area contributed by atoms with Crippen molar-refractivity contribution in [3.05, 3.63) is 104 Å². The van der Waals surface area contributed by atoms with E-state index in [0.29, 0.717) is 22.4 Å². The smallest absolute Gasteiger partial charge is 0.282 e. The molecule has 11 heteroatoms. The number of hydrogen-bond donors (Lipinski definition) is 1. The van der Waals surface area contributed by atoms with Crippen molar-refractivity contribution in [2.45, 2.75) is 38.0 Å². The van der Waals surface area contributed by atoms with E-state index in [4.69, 9.17) is 9.72 Å². The highest BCUT2D eigenvalue weighted by molar-refractivity contribution is 5.92. The van der Waals surface area contributed by atoms with Crippen molar-refractivity contribution in [3.8, 4) is 5.75 Å². The number of nitro benzene ring substituents is 1. The Morgan fingerprint density at radius 1 is 1.12 bits per heavy atom. The molecule has 0 spiro atoms. The highest BCUT2D eigenvalue weighted by atomic mass is 19.1. The van der Waals surface area contributed by atoms with Gasteiger partial charge in [0.25, 0.3) is 17.2 Å². The molecule has 1 amide bonds. The molecule has 1 N–H and O–H groups in total. The van der Waals surface area contributed by atoms with Gasteiger partial charge in [-0.3, -0.25) is 19.7 Å². The summed E-state index contributed by atoms with van der Waals surface area (Å²) >= 11 is 0. The number of carbonyl (C=O) groups excluding carboxylic acids is 1. The van der Waals surface area contributed by atoms with Crippen LogP contribution in [0.15, 0.2) is 76.6 Å². The number of rotatable bonds is 8. The number of hydrogen-bond acceptors (Lipinski definition) is 7. The van der Waals surface area contributed by atoms with E-state index in [-0.39, 0.29) is 28.5 Å². The number of non-ortho nitro benzene ring substituents is 1. The summed E-state index contributed by atoms with van der Waals surface area (Å²) < 4.78 is 20.1. The summed E-state index contributed by atoms with van der Waals surface area (Å²) in [6.45, 7) is -0.416. The summed E-state index contributed by atoms with van der Waals surface area (Å²) in [5.74, 6) is -0.186. The molecule has 1 saturated carbocycles. The average molecular weight is 544 g/mol. The monoisotopic (exact) mass is 543 g/mol. The molecule has 5 rings (SSSR count). The zero-order chi connectivity index (χ0) is 28.1. The zero-order valence-corrected chi connectivity index (χ0v) is 21.5. The molecule has 0 saturated heterocycles. The summed E-state index contributed by atoms with van der Waals surface area (Å²) in [6, 6.07) is 16.2. The molecule has 3 aromatic carbocycles. The molecule has 1 aliphatic rings. The molecule has 0 radical (unpaired) electrons. The number of ether oxygens (including phenoxy) is 1. The third-order valence-corrected chi connectivity index (χ3v) is 6.75. The second-order valence-electron chi connectivity index (χ2n) is 9.51. The Labute approximate surface area is 228 Å². The number of carbonyl (C=O) groups is 1. The molecule has 0 aliphatic heterocycles. The Bertz CT molecular complexity index is 1650. The third-order valence-electron chi connectivity index (χ3n) is 6.75. The van der Waals surface area contributed by atoms with Gasteiger partial charge in [-0.15, -0.1) is 0 Å². The van der Waals surface area contributed by atoms with Crippen LogP contribution in [0.2, 0.25) is 0 Å². The van der Waals surface area contributed by atoms with E-state index < -0.39 is 23.3 Å². The maximum absolute atomic E-state index is 13.5. The van der Waals surface area contributed by atoms with Crippen molar-refractivity contribution >= 4 is 34.4 Å². The zero-order valence-electron chi connectivity index (χ0n) is 21.5. The predicted octanol–water partition coefficient (Wildman–Crippen LogP) is 5.39. The first-order valence-corrected chi connectivity index (χ1v) is 12.9. The van der Waals surface area contributed by atoms with E-state index in [1.54, 1.807) is 18.2 Å². The van der Waals surface area contributed by atoms with Gasteiger partial charge in [0.15, 0.2) is 6.61 Å². The molecular formula is C29H26FN5O5. The van der Waals surface area contributed by atoms with Crippen LogP contribution in [0.25, 0.3) is 10.9 Å². The number of anilines is 1. The average Bonchev–Trinajstić information content (AvgIpc) is 2.97. The summed E-state index contributed by atoms with van der Waals surface area (Å²) in [5, 5.41) is 18.9. The number of nitro groups is 1. The normalized spacial score (nSPS) is 13.9. The lowest BCUT2D eigenvalue weighted by Crippen LogP contribution is -2.25. The van der Waals surface area contributed by atoms with E-state index in [9.17, 15) is 24.1 Å². The quantitative estimate of drug-likeness (QED) is 0.180.